The van der Waals surface area contributed by atoms with Crippen molar-refractivity contribution in [2.45, 2.75) is 25.2 Å². The maximum atomic E-state index is 14.5. The van der Waals surface area contributed by atoms with Gasteiger partial charge in [-0.1, -0.05) is 55.5 Å². The summed E-state index contributed by atoms with van der Waals surface area (Å²) < 4.78 is 34.3. The van der Waals surface area contributed by atoms with Gasteiger partial charge in [-0.2, -0.15) is 8.78 Å². The number of nitrogens with one attached hydrogen (secondary N) is 1. The number of fused-ring (bicyclic) bond motifs is 3. The predicted molar refractivity (Wildman–Crippen MR) is 120 cm³/mol. The Balaban J connectivity index is 1.32. The molecule has 9 heteroatoms. The number of hydrogen-bond donors (Lipinski definition) is 2. The lowest BCUT2D eigenvalue weighted by atomic mass is 9.95. The molecule has 2 aromatic rings. The van der Waals surface area contributed by atoms with E-state index < -0.39 is 30.4 Å². The quantitative estimate of drug-likeness (QED) is 0.640. The Morgan fingerprint density at radius 2 is 1.65 bits per heavy atom. The number of nitrogens with zero attached hydrogens (tertiary/aromatic N) is 1. The summed E-state index contributed by atoms with van der Waals surface area (Å²) in [4.78, 5) is 36.4. The number of carboxylic acids is 1. The molecule has 2 aliphatic rings. The number of likely N-dealkylation sites (tertiary alicyclic amines) is 1. The van der Waals surface area contributed by atoms with Crippen LogP contribution in [-0.4, -0.2) is 60.1 Å². The van der Waals surface area contributed by atoms with E-state index in [1.165, 1.54) is 0 Å². The average Bonchev–Trinajstić information content (AvgIpc) is 3.33. The number of ether oxygens (including phenoxy) is 1. The molecule has 2 aromatic carbocycles. The number of alkyl halides is 2. The number of benzene rings is 2. The zero-order valence-electron chi connectivity index (χ0n) is 18.7. The van der Waals surface area contributed by atoms with Gasteiger partial charge in [-0.15, -0.1) is 0 Å². The summed E-state index contributed by atoms with van der Waals surface area (Å²) in [6.07, 6.45) is -1.22. The fraction of sp³-hybridized carbons (Fsp3) is 0.400. The maximum Gasteiger partial charge on any atom is 0.407 e. The van der Waals surface area contributed by atoms with Crippen molar-refractivity contribution in [2.75, 3.05) is 26.2 Å². The van der Waals surface area contributed by atoms with E-state index in [0.717, 1.165) is 27.2 Å². The molecule has 2 atom stereocenters. The first-order valence-electron chi connectivity index (χ1n) is 11.1. The fourth-order valence-corrected chi connectivity index (χ4v) is 4.83. The molecular formula is C25H26F2N2O5. The first-order chi connectivity index (χ1) is 16.2. The van der Waals surface area contributed by atoms with E-state index in [2.05, 4.69) is 0 Å². The van der Waals surface area contributed by atoms with Crippen molar-refractivity contribution < 1.29 is 33.0 Å². The van der Waals surface area contributed by atoms with Crippen LogP contribution in [0.4, 0.5) is 13.6 Å². The van der Waals surface area contributed by atoms with Gasteiger partial charge < -0.3 is 20.1 Å². The summed E-state index contributed by atoms with van der Waals surface area (Å²) in [5.41, 5.74) is 4.09. The molecule has 0 radical (unpaired) electrons. The lowest BCUT2D eigenvalue weighted by Gasteiger charge is -2.23. The van der Waals surface area contributed by atoms with Crippen LogP contribution in [0, 0.1) is 11.8 Å². The third-order valence-corrected chi connectivity index (χ3v) is 6.60. The summed E-state index contributed by atoms with van der Waals surface area (Å²) in [6, 6.07) is 15.5. The van der Waals surface area contributed by atoms with Gasteiger partial charge in [0.25, 0.3) is 5.91 Å². The van der Waals surface area contributed by atoms with Crippen LogP contribution in [-0.2, 0) is 14.3 Å². The smallest absolute Gasteiger partial charge is 0.407 e. The third kappa shape index (κ3) is 4.73. The number of amides is 2. The molecule has 2 N–H and O–H groups in total. The Hall–Kier alpha value is -3.49. The van der Waals surface area contributed by atoms with Crippen LogP contribution in [0.15, 0.2) is 48.5 Å². The summed E-state index contributed by atoms with van der Waals surface area (Å²) in [5.74, 6) is -7.08. The lowest BCUT2D eigenvalue weighted by Crippen LogP contribution is -2.49. The zero-order chi connectivity index (χ0) is 24.5. The van der Waals surface area contributed by atoms with Gasteiger partial charge in [-0.05, 0) is 34.1 Å². The standard InChI is InChI=1S/C25H26F2N2O5/c1-15-11-29(12-16(15)10-22(30)31)23(32)25(26,27)14-28-24(33)34-13-21-19-8-4-2-6-17(19)18-7-3-5-9-20(18)21/h2-9,15-16,21H,10-14H2,1H3,(H,28,33)(H,30,31)/t15-,16-/m1/s1. The van der Waals surface area contributed by atoms with E-state index in [1.807, 2.05) is 53.8 Å². The molecule has 34 heavy (non-hydrogen) atoms. The number of aliphatic carboxylic acids is 1. The van der Waals surface area contributed by atoms with Crippen molar-refractivity contribution in [2.24, 2.45) is 11.8 Å². The number of halogens is 2. The Labute approximate surface area is 195 Å². The zero-order valence-corrected chi connectivity index (χ0v) is 18.7. The lowest BCUT2D eigenvalue weighted by molar-refractivity contribution is -0.155. The molecule has 2 amide bonds. The van der Waals surface area contributed by atoms with Crippen molar-refractivity contribution in [1.29, 1.82) is 0 Å². The number of alkyl carbamates (subject to hydrolysis) is 1. The molecule has 1 aliphatic heterocycles. The van der Waals surface area contributed by atoms with E-state index in [9.17, 15) is 23.2 Å². The van der Waals surface area contributed by atoms with Gasteiger partial charge in [-0.3, -0.25) is 9.59 Å². The summed E-state index contributed by atoms with van der Waals surface area (Å²) >= 11 is 0. The molecule has 0 spiro atoms. The average molecular weight is 472 g/mol. The van der Waals surface area contributed by atoms with Crippen LogP contribution in [0.25, 0.3) is 11.1 Å². The minimum absolute atomic E-state index is 0.0279. The highest BCUT2D eigenvalue weighted by Gasteiger charge is 2.46. The Morgan fingerprint density at radius 3 is 2.24 bits per heavy atom. The highest BCUT2D eigenvalue weighted by atomic mass is 19.3. The molecule has 0 bridgehead atoms. The van der Waals surface area contributed by atoms with Crippen molar-refractivity contribution >= 4 is 18.0 Å². The molecule has 1 aliphatic carbocycles. The van der Waals surface area contributed by atoms with E-state index in [4.69, 9.17) is 9.84 Å². The molecule has 1 heterocycles. The molecule has 1 fully saturated rings. The number of carboxylic acid groups (broad SMARTS) is 1. The van der Waals surface area contributed by atoms with Gasteiger partial charge in [0.05, 0.1) is 13.0 Å². The van der Waals surface area contributed by atoms with Gasteiger partial charge in [0.15, 0.2) is 0 Å². The molecule has 0 saturated carbocycles. The molecule has 0 aromatic heterocycles. The second-order valence-corrected chi connectivity index (χ2v) is 8.93. The van der Waals surface area contributed by atoms with Crippen LogP contribution in [0.2, 0.25) is 0 Å². The predicted octanol–water partition coefficient (Wildman–Crippen LogP) is 3.73. The van der Waals surface area contributed by atoms with E-state index in [0.29, 0.717) is 0 Å². The molecular weight excluding hydrogens is 446 g/mol. The minimum atomic E-state index is -3.83. The summed E-state index contributed by atoms with van der Waals surface area (Å²) in [5, 5.41) is 10.9. The second-order valence-electron chi connectivity index (χ2n) is 8.93. The number of hydrogen-bond acceptors (Lipinski definition) is 4. The van der Waals surface area contributed by atoms with E-state index in [-0.39, 0.29) is 43.9 Å². The van der Waals surface area contributed by atoms with Gasteiger partial charge in [0.2, 0.25) is 0 Å². The number of carbonyl (C=O) groups excluding carboxylic acids is 2. The Kier molecular flexibility index (Phi) is 6.54. The van der Waals surface area contributed by atoms with Crippen molar-refractivity contribution in [1.82, 2.24) is 10.2 Å². The first kappa shape index (κ1) is 23.7. The molecule has 180 valence electrons. The fourth-order valence-electron chi connectivity index (χ4n) is 4.83. The summed E-state index contributed by atoms with van der Waals surface area (Å²) in [6.45, 7) is 0.509. The highest BCUT2D eigenvalue weighted by molar-refractivity contribution is 5.85. The SMILES string of the molecule is C[C@@H]1CN(C(=O)C(F)(F)CNC(=O)OCC2c3ccccc3-c3ccccc32)C[C@H]1CC(=O)O. The van der Waals surface area contributed by atoms with Gasteiger partial charge >= 0.3 is 18.0 Å². The van der Waals surface area contributed by atoms with Crippen LogP contribution in [0.3, 0.4) is 0 Å². The molecule has 4 rings (SSSR count). The van der Waals surface area contributed by atoms with Crippen LogP contribution in [0.5, 0.6) is 0 Å². The molecule has 0 unspecified atom stereocenters. The number of carbonyl (C=O) groups is 3. The van der Waals surface area contributed by atoms with Crippen LogP contribution < -0.4 is 5.32 Å². The molecule has 7 nitrogen and oxygen atoms in total. The largest absolute Gasteiger partial charge is 0.481 e. The topological polar surface area (TPSA) is 95.9 Å². The summed E-state index contributed by atoms with van der Waals surface area (Å²) in [7, 11) is 0. The highest BCUT2D eigenvalue weighted by Crippen LogP contribution is 2.44. The third-order valence-electron chi connectivity index (χ3n) is 6.60. The number of rotatable bonds is 7. The van der Waals surface area contributed by atoms with E-state index >= 15 is 0 Å². The Bertz CT molecular complexity index is 1060. The van der Waals surface area contributed by atoms with Gasteiger partial charge in [0.1, 0.15) is 6.61 Å². The Morgan fingerprint density at radius 1 is 1.06 bits per heavy atom. The first-order valence-corrected chi connectivity index (χ1v) is 11.1. The normalized spacial score (nSPS) is 19.4. The van der Waals surface area contributed by atoms with Crippen molar-refractivity contribution in [3.8, 4) is 11.1 Å². The minimum Gasteiger partial charge on any atom is -0.481 e. The van der Waals surface area contributed by atoms with Crippen molar-refractivity contribution in [3.63, 3.8) is 0 Å². The van der Waals surface area contributed by atoms with Crippen LogP contribution in [0.1, 0.15) is 30.4 Å². The van der Waals surface area contributed by atoms with Crippen molar-refractivity contribution in [3.05, 3.63) is 59.7 Å². The van der Waals surface area contributed by atoms with E-state index in [1.54, 1.807) is 6.92 Å². The van der Waals surface area contributed by atoms with Gasteiger partial charge in [-0.25, -0.2) is 4.79 Å². The van der Waals surface area contributed by atoms with Gasteiger partial charge in [0, 0.05) is 19.0 Å². The van der Waals surface area contributed by atoms with Crippen LogP contribution >= 0.6 is 0 Å². The molecule has 1 saturated heterocycles. The maximum absolute atomic E-state index is 14.5. The monoisotopic (exact) mass is 472 g/mol. The second kappa shape index (κ2) is 9.40.